The van der Waals surface area contributed by atoms with Crippen LogP contribution >= 0.6 is 0 Å². The third kappa shape index (κ3) is 4.34. The molecule has 1 aliphatic heterocycles. The van der Waals surface area contributed by atoms with Gasteiger partial charge in [-0.05, 0) is 35.4 Å². The summed E-state index contributed by atoms with van der Waals surface area (Å²) in [4.78, 5) is 8.80. The Morgan fingerprint density at radius 2 is 1.54 bits per heavy atom. The van der Waals surface area contributed by atoms with E-state index in [4.69, 9.17) is 0 Å². The molecule has 0 saturated carbocycles. The largest absolute Gasteiger partial charge is 0.416 e. The van der Waals surface area contributed by atoms with Crippen LogP contribution in [0.25, 0.3) is 10.9 Å². The fourth-order valence-electron chi connectivity index (χ4n) is 3.76. The van der Waals surface area contributed by atoms with Gasteiger partial charge in [-0.25, -0.2) is 0 Å². The molecule has 3 aromatic rings. The molecular weight excluding hydrogens is 363 g/mol. The van der Waals surface area contributed by atoms with E-state index >= 15 is 0 Å². The topological polar surface area (TPSA) is 19.4 Å². The summed E-state index contributed by atoms with van der Waals surface area (Å²) >= 11 is 0. The lowest BCUT2D eigenvalue weighted by molar-refractivity contribution is -0.138. The van der Waals surface area contributed by atoms with E-state index in [0.29, 0.717) is 12.1 Å². The van der Waals surface area contributed by atoms with E-state index in [-0.39, 0.29) is 0 Å². The number of hydrogen-bond acceptors (Lipinski definition) is 3. The van der Waals surface area contributed by atoms with Crippen LogP contribution in [0.2, 0.25) is 0 Å². The van der Waals surface area contributed by atoms with E-state index in [1.807, 2.05) is 12.1 Å². The average molecular weight is 385 g/mol. The van der Waals surface area contributed by atoms with Gasteiger partial charge >= 0.3 is 6.18 Å². The molecule has 0 N–H and O–H groups in total. The molecule has 0 radical (unpaired) electrons. The number of fused-ring (bicyclic) bond motifs is 1. The summed E-state index contributed by atoms with van der Waals surface area (Å²) in [5, 5.41) is 1.13. The summed E-state index contributed by atoms with van der Waals surface area (Å²) in [5.74, 6) is 0. The molecule has 2 heterocycles. The van der Waals surface area contributed by atoms with Crippen LogP contribution < -0.4 is 0 Å². The third-order valence-electron chi connectivity index (χ3n) is 5.26. The van der Waals surface area contributed by atoms with E-state index in [0.717, 1.165) is 43.6 Å². The maximum atomic E-state index is 13.2. The first-order chi connectivity index (χ1) is 13.5. The predicted molar refractivity (Wildman–Crippen MR) is 104 cm³/mol. The minimum Gasteiger partial charge on any atom is -0.297 e. The van der Waals surface area contributed by atoms with Crippen molar-refractivity contribution in [2.75, 3.05) is 26.2 Å². The van der Waals surface area contributed by atoms with Crippen LogP contribution in [0.5, 0.6) is 0 Å². The first kappa shape index (κ1) is 18.9. The Labute approximate surface area is 162 Å². The van der Waals surface area contributed by atoms with Gasteiger partial charge in [0, 0.05) is 50.9 Å². The number of aromatic nitrogens is 1. The summed E-state index contributed by atoms with van der Waals surface area (Å²) in [6, 6.07) is 16.2. The number of alkyl halides is 3. The maximum Gasteiger partial charge on any atom is 0.416 e. The molecule has 1 aromatic heterocycles. The van der Waals surface area contributed by atoms with Gasteiger partial charge in [0.05, 0.1) is 11.1 Å². The monoisotopic (exact) mass is 385 g/mol. The van der Waals surface area contributed by atoms with Crippen molar-refractivity contribution in [1.29, 1.82) is 0 Å². The van der Waals surface area contributed by atoms with Gasteiger partial charge in [0.15, 0.2) is 0 Å². The molecule has 28 heavy (non-hydrogen) atoms. The van der Waals surface area contributed by atoms with Crippen LogP contribution in [0.4, 0.5) is 13.2 Å². The standard InChI is InChI=1S/C22H22F3N3/c23-22(24,25)20-6-2-1-4-19(20)16-28-12-10-27(11-13-28)15-17-7-8-21-18(14-17)5-3-9-26-21/h1-9,14H,10-13,15-16H2. The SMILES string of the molecule is FC(F)(F)c1ccccc1CN1CCN(Cc2ccc3ncccc3c2)CC1. The molecule has 0 amide bonds. The summed E-state index contributed by atoms with van der Waals surface area (Å²) in [6.07, 6.45) is -2.51. The number of hydrogen-bond donors (Lipinski definition) is 0. The Morgan fingerprint density at radius 3 is 2.29 bits per heavy atom. The second-order valence-electron chi connectivity index (χ2n) is 7.24. The maximum absolute atomic E-state index is 13.2. The molecular formula is C22H22F3N3. The van der Waals surface area contributed by atoms with Crippen molar-refractivity contribution in [2.24, 2.45) is 0 Å². The molecule has 0 spiro atoms. The fourth-order valence-corrected chi connectivity index (χ4v) is 3.76. The zero-order chi connectivity index (χ0) is 19.6. The van der Waals surface area contributed by atoms with Gasteiger partial charge in [-0.2, -0.15) is 13.2 Å². The second-order valence-corrected chi connectivity index (χ2v) is 7.24. The van der Waals surface area contributed by atoms with Crippen molar-refractivity contribution in [1.82, 2.24) is 14.8 Å². The normalized spacial score (nSPS) is 16.5. The van der Waals surface area contributed by atoms with Crippen molar-refractivity contribution >= 4 is 10.9 Å². The Bertz CT molecular complexity index is 947. The van der Waals surface area contributed by atoms with E-state index in [1.165, 1.54) is 17.7 Å². The van der Waals surface area contributed by atoms with Gasteiger partial charge in [-0.1, -0.05) is 30.3 Å². The van der Waals surface area contributed by atoms with E-state index in [1.54, 1.807) is 18.3 Å². The Morgan fingerprint density at radius 1 is 0.821 bits per heavy atom. The molecule has 6 heteroatoms. The van der Waals surface area contributed by atoms with Crippen LogP contribution in [0.3, 0.4) is 0 Å². The van der Waals surface area contributed by atoms with Crippen LogP contribution in [0, 0.1) is 0 Å². The number of benzene rings is 2. The second kappa shape index (κ2) is 7.89. The molecule has 1 fully saturated rings. The lowest BCUT2D eigenvalue weighted by Gasteiger charge is -2.35. The van der Waals surface area contributed by atoms with Crippen molar-refractivity contribution in [3.8, 4) is 0 Å². The fraction of sp³-hybridized carbons (Fsp3) is 0.318. The van der Waals surface area contributed by atoms with E-state index in [2.05, 4.69) is 33.0 Å². The Hall–Kier alpha value is -2.44. The van der Waals surface area contributed by atoms with Gasteiger partial charge in [-0.3, -0.25) is 14.8 Å². The molecule has 1 aliphatic rings. The van der Waals surface area contributed by atoms with Gasteiger partial charge in [0.1, 0.15) is 0 Å². The lowest BCUT2D eigenvalue weighted by Crippen LogP contribution is -2.45. The quantitative estimate of drug-likeness (QED) is 0.656. The lowest BCUT2D eigenvalue weighted by atomic mass is 10.1. The molecule has 3 nitrogen and oxygen atoms in total. The first-order valence-electron chi connectivity index (χ1n) is 9.42. The highest BCUT2D eigenvalue weighted by Crippen LogP contribution is 2.32. The highest BCUT2D eigenvalue weighted by molar-refractivity contribution is 5.78. The summed E-state index contributed by atoms with van der Waals surface area (Å²) in [5.41, 5.74) is 2.04. The minimum atomic E-state index is -4.30. The molecule has 0 aliphatic carbocycles. The molecule has 4 rings (SSSR count). The average Bonchev–Trinajstić information content (AvgIpc) is 2.69. The summed E-state index contributed by atoms with van der Waals surface area (Å²) in [6.45, 7) is 4.41. The van der Waals surface area contributed by atoms with Gasteiger partial charge in [-0.15, -0.1) is 0 Å². The molecule has 0 bridgehead atoms. The molecule has 1 saturated heterocycles. The van der Waals surface area contributed by atoms with Gasteiger partial charge < -0.3 is 0 Å². The number of rotatable bonds is 4. The van der Waals surface area contributed by atoms with Gasteiger partial charge in [0.25, 0.3) is 0 Å². The van der Waals surface area contributed by atoms with Crippen LogP contribution in [0.1, 0.15) is 16.7 Å². The molecule has 146 valence electrons. The number of pyridine rings is 1. The van der Waals surface area contributed by atoms with E-state index in [9.17, 15) is 13.2 Å². The highest BCUT2D eigenvalue weighted by Gasteiger charge is 2.33. The summed E-state index contributed by atoms with van der Waals surface area (Å²) < 4.78 is 39.6. The summed E-state index contributed by atoms with van der Waals surface area (Å²) in [7, 11) is 0. The van der Waals surface area contributed by atoms with Crippen molar-refractivity contribution in [3.63, 3.8) is 0 Å². The third-order valence-corrected chi connectivity index (χ3v) is 5.26. The number of nitrogens with zero attached hydrogens (tertiary/aromatic N) is 3. The first-order valence-corrected chi connectivity index (χ1v) is 9.42. The van der Waals surface area contributed by atoms with Gasteiger partial charge in [0.2, 0.25) is 0 Å². The van der Waals surface area contributed by atoms with Crippen molar-refractivity contribution in [2.45, 2.75) is 19.3 Å². The molecule has 0 unspecified atom stereocenters. The highest BCUT2D eigenvalue weighted by atomic mass is 19.4. The predicted octanol–water partition coefficient (Wildman–Crippen LogP) is 4.57. The van der Waals surface area contributed by atoms with Crippen LogP contribution in [0.15, 0.2) is 60.8 Å². The number of piperazine rings is 1. The molecule has 0 atom stereocenters. The van der Waals surface area contributed by atoms with E-state index < -0.39 is 11.7 Å². The van der Waals surface area contributed by atoms with Crippen LogP contribution in [-0.2, 0) is 19.3 Å². The van der Waals surface area contributed by atoms with Crippen molar-refractivity contribution < 1.29 is 13.2 Å². The van der Waals surface area contributed by atoms with Crippen molar-refractivity contribution in [3.05, 3.63) is 77.5 Å². The Kier molecular flexibility index (Phi) is 5.33. The van der Waals surface area contributed by atoms with Crippen LogP contribution in [-0.4, -0.2) is 41.0 Å². The number of halogens is 3. The zero-order valence-corrected chi connectivity index (χ0v) is 15.5. The zero-order valence-electron chi connectivity index (χ0n) is 15.5. The Balaban J connectivity index is 1.36. The smallest absolute Gasteiger partial charge is 0.297 e. The minimum absolute atomic E-state index is 0.338. The molecule has 2 aromatic carbocycles.